The molecule has 1 heterocycles. The zero-order valence-corrected chi connectivity index (χ0v) is 10.2. The van der Waals surface area contributed by atoms with E-state index in [0.717, 1.165) is 10.2 Å². The zero-order valence-electron chi connectivity index (χ0n) is 9.38. The molecule has 0 unspecified atom stereocenters. The first kappa shape index (κ1) is 11.7. The van der Waals surface area contributed by atoms with Crippen molar-refractivity contribution >= 4 is 26.9 Å². The number of carbonyl (C=O) groups excluding carboxylic acids is 1. The lowest BCUT2D eigenvalue weighted by Crippen LogP contribution is -2.08. The highest BCUT2D eigenvalue weighted by atomic mass is 32.2. The Kier molecular flexibility index (Phi) is 2.66. The molecule has 0 fully saturated rings. The number of esters is 1. The van der Waals surface area contributed by atoms with Crippen molar-refractivity contribution < 1.29 is 17.9 Å². The number of rotatable bonds is 2. The normalized spacial score (nSPS) is 11.6. The van der Waals surface area contributed by atoms with Crippen LogP contribution in [-0.4, -0.2) is 31.7 Å². The highest BCUT2D eigenvalue weighted by Gasteiger charge is 2.15. The molecule has 0 atom stereocenters. The summed E-state index contributed by atoms with van der Waals surface area (Å²) in [5.41, 5.74) is 0.822. The minimum Gasteiger partial charge on any atom is -0.465 e. The van der Waals surface area contributed by atoms with Gasteiger partial charge in [-0.15, -0.1) is 0 Å². The fourth-order valence-corrected chi connectivity index (χ4v) is 2.52. The summed E-state index contributed by atoms with van der Waals surface area (Å²) in [4.78, 5) is 11.5. The lowest BCUT2D eigenvalue weighted by Gasteiger charge is -2.04. The summed E-state index contributed by atoms with van der Waals surface area (Å²) in [7, 11) is -2.08. The molecule has 1 aromatic carbocycles. The van der Waals surface area contributed by atoms with Gasteiger partial charge in [0.15, 0.2) is 0 Å². The standard InChI is InChI=1S/C11H11NO4S/c1-16-11(13)9-4-3-5-10-8(9)6-7-12(10)17(2,14)15/h3-7H,1-2H3. The molecule has 0 bridgehead atoms. The van der Waals surface area contributed by atoms with Crippen LogP contribution in [0.2, 0.25) is 0 Å². The van der Waals surface area contributed by atoms with Gasteiger partial charge >= 0.3 is 5.97 Å². The van der Waals surface area contributed by atoms with Gasteiger partial charge in [0.1, 0.15) is 0 Å². The third-order valence-electron chi connectivity index (χ3n) is 2.46. The zero-order chi connectivity index (χ0) is 12.6. The number of methoxy groups -OCH3 is 1. The molecule has 1 aromatic heterocycles. The lowest BCUT2D eigenvalue weighted by atomic mass is 10.1. The monoisotopic (exact) mass is 253 g/mol. The van der Waals surface area contributed by atoms with Gasteiger partial charge in [0.25, 0.3) is 0 Å². The van der Waals surface area contributed by atoms with Crippen molar-refractivity contribution in [2.75, 3.05) is 13.4 Å². The smallest absolute Gasteiger partial charge is 0.338 e. The maximum atomic E-state index is 11.5. The Balaban J connectivity index is 2.78. The molecule has 0 radical (unpaired) electrons. The van der Waals surface area contributed by atoms with Gasteiger partial charge in [-0.25, -0.2) is 17.2 Å². The summed E-state index contributed by atoms with van der Waals surface area (Å²) >= 11 is 0. The third-order valence-corrected chi connectivity index (χ3v) is 3.49. The molecule has 5 nitrogen and oxygen atoms in total. The number of ether oxygens (including phenoxy) is 1. The van der Waals surface area contributed by atoms with Crippen molar-refractivity contribution in [2.45, 2.75) is 0 Å². The van der Waals surface area contributed by atoms with Crippen LogP contribution in [0, 0.1) is 0 Å². The SMILES string of the molecule is COC(=O)c1cccc2c1ccn2S(C)(=O)=O. The Bertz CT molecular complexity index is 685. The van der Waals surface area contributed by atoms with Crippen LogP contribution in [0.3, 0.4) is 0 Å². The second-order valence-electron chi connectivity index (χ2n) is 3.60. The van der Waals surface area contributed by atoms with Crippen molar-refractivity contribution in [2.24, 2.45) is 0 Å². The molecule has 0 saturated carbocycles. The van der Waals surface area contributed by atoms with Crippen LogP contribution in [0.25, 0.3) is 10.9 Å². The predicted octanol–water partition coefficient (Wildman–Crippen LogP) is 1.24. The van der Waals surface area contributed by atoms with Gasteiger partial charge in [0.2, 0.25) is 10.0 Å². The fraction of sp³-hybridized carbons (Fsp3) is 0.182. The Hall–Kier alpha value is -1.82. The Labute approximate surface area is 98.7 Å². The Morgan fingerprint density at radius 3 is 2.59 bits per heavy atom. The fourth-order valence-electron chi connectivity index (χ4n) is 1.72. The first-order chi connectivity index (χ1) is 7.95. The van der Waals surface area contributed by atoms with Crippen LogP contribution in [-0.2, 0) is 14.8 Å². The average molecular weight is 253 g/mol. The van der Waals surface area contributed by atoms with E-state index in [1.54, 1.807) is 24.3 Å². The van der Waals surface area contributed by atoms with Gasteiger partial charge in [-0.3, -0.25) is 0 Å². The first-order valence-corrected chi connectivity index (χ1v) is 6.69. The second-order valence-corrected chi connectivity index (χ2v) is 5.46. The summed E-state index contributed by atoms with van der Waals surface area (Å²) in [6.07, 6.45) is 2.53. The van der Waals surface area contributed by atoms with Crippen molar-refractivity contribution in [3.8, 4) is 0 Å². The molecule has 0 aliphatic carbocycles. The van der Waals surface area contributed by atoms with Gasteiger partial charge in [-0.2, -0.15) is 0 Å². The van der Waals surface area contributed by atoms with E-state index < -0.39 is 16.0 Å². The number of carbonyl (C=O) groups is 1. The molecule has 0 amide bonds. The van der Waals surface area contributed by atoms with Crippen LogP contribution >= 0.6 is 0 Å². The van der Waals surface area contributed by atoms with Crippen LogP contribution in [0.15, 0.2) is 30.5 Å². The predicted molar refractivity (Wildman–Crippen MR) is 63.5 cm³/mol. The highest BCUT2D eigenvalue weighted by molar-refractivity contribution is 7.89. The Morgan fingerprint density at radius 1 is 1.29 bits per heavy atom. The summed E-state index contributed by atoms with van der Waals surface area (Å²) in [5.74, 6) is -0.484. The van der Waals surface area contributed by atoms with Gasteiger partial charge < -0.3 is 4.74 Å². The van der Waals surface area contributed by atoms with E-state index in [1.807, 2.05) is 0 Å². The van der Waals surface area contributed by atoms with Gasteiger partial charge in [-0.05, 0) is 18.2 Å². The van der Waals surface area contributed by atoms with E-state index in [2.05, 4.69) is 4.74 Å². The molecule has 2 rings (SSSR count). The minimum atomic E-state index is -3.37. The number of nitrogens with zero attached hydrogens (tertiary/aromatic N) is 1. The molecule has 2 aromatic rings. The maximum Gasteiger partial charge on any atom is 0.338 e. The van der Waals surface area contributed by atoms with Gasteiger partial charge in [0.05, 0.1) is 24.4 Å². The molecule has 0 N–H and O–H groups in total. The molecule has 90 valence electrons. The summed E-state index contributed by atoms with van der Waals surface area (Å²) in [6.45, 7) is 0. The minimum absolute atomic E-state index is 0.354. The number of benzene rings is 1. The van der Waals surface area contributed by atoms with E-state index >= 15 is 0 Å². The average Bonchev–Trinajstić information content (AvgIpc) is 2.70. The van der Waals surface area contributed by atoms with E-state index in [9.17, 15) is 13.2 Å². The third kappa shape index (κ3) is 1.91. The molecular formula is C11H11NO4S. The first-order valence-electron chi connectivity index (χ1n) is 4.84. The lowest BCUT2D eigenvalue weighted by molar-refractivity contribution is 0.0603. The van der Waals surface area contributed by atoms with E-state index in [0.29, 0.717) is 16.5 Å². The molecule has 0 aliphatic heterocycles. The molecule has 17 heavy (non-hydrogen) atoms. The summed E-state index contributed by atoms with van der Waals surface area (Å²) < 4.78 is 28.8. The van der Waals surface area contributed by atoms with Crippen molar-refractivity contribution in [1.82, 2.24) is 3.97 Å². The molecule has 0 saturated heterocycles. The van der Waals surface area contributed by atoms with Gasteiger partial charge in [-0.1, -0.05) is 6.07 Å². The maximum absolute atomic E-state index is 11.5. The van der Waals surface area contributed by atoms with Crippen molar-refractivity contribution in [1.29, 1.82) is 0 Å². The number of fused-ring (bicyclic) bond motifs is 1. The van der Waals surface area contributed by atoms with Crippen molar-refractivity contribution in [3.63, 3.8) is 0 Å². The number of hydrogen-bond donors (Lipinski definition) is 0. The van der Waals surface area contributed by atoms with E-state index in [1.165, 1.54) is 13.3 Å². The number of hydrogen-bond acceptors (Lipinski definition) is 4. The second kappa shape index (κ2) is 3.89. The quantitative estimate of drug-likeness (QED) is 0.755. The van der Waals surface area contributed by atoms with Crippen LogP contribution in [0.5, 0.6) is 0 Å². The summed E-state index contributed by atoms with van der Waals surface area (Å²) in [5, 5.41) is 0.560. The molecule has 6 heteroatoms. The number of aromatic nitrogens is 1. The highest BCUT2D eigenvalue weighted by Crippen LogP contribution is 2.22. The Morgan fingerprint density at radius 2 is 2.00 bits per heavy atom. The largest absolute Gasteiger partial charge is 0.465 e. The molecular weight excluding hydrogens is 242 g/mol. The summed E-state index contributed by atoms with van der Waals surface area (Å²) in [6, 6.07) is 6.45. The molecule has 0 aliphatic rings. The van der Waals surface area contributed by atoms with Crippen LogP contribution in [0.1, 0.15) is 10.4 Å². The van der Waals surface area contributed by atoms with Crippen LogP contribution in [0.4, 0.5) is 0 Å². The van der Waals surface area contributed by atoms with Gasteiger partial charge in [0, 0.05) is 11.6 Å². The topological polar surface area (TPSA) is 65.4 Å². The molecule has 0 spiro atoms. The van der Waals surface area contributed by atoms with E-state index in [4.69, 9.17) is 0 Å². The van der Waals surface area contributed by atoms with Crippen LogP contribution < -0.4 is 0 Å². The van der Waals surface area contributed by atoms with E-state index in [-0.39, 0.29) is 0 Å². The van der Waals surface area contributed by atoms with Crippen molar-refractivity contribution in [3.05, 3.63) is 36.0 Å².